The number of rotatable bonds is 9. The lowest BCUT2D eigenvalue weighted by atomic mass is 10.2. The minimum Gasteiger partial charge on any atom is -0.384 e. The van der Waals surface area contributed by atoms with Crippen LogP contribution in [-0.2, 0) is 11.3 Å². The van der Waals surface area contributed by atoms with Crippen LogP contribution in [0.2, 0.25) is 0 Å². The summed E-state index contributed by atoms with van der Waals surface area (Å²) in [5.41, 5.74) is 1.12. The molecular weight excluding hydrogens is 226 g/mol. The molecule has 1 N–H and O–H groups in total. The van der Waals surface area contributed by atoms with Crippen molar-refractivity contribution in [1.29, 1.82) is 0 Å². The van der Waals surface area contributed by atoms with Crippen molar-refractivity contribution in [2.24, 2.45) is 5.92 Å². The number of aromatic nitrogens is 2. The summed E-state index contributed by atoms with van der Waals surface area (Å²) in [6.07, 6.45) is 4.36. The molecule has 1 unspecified atom stereocenters. The summed E-state index contributed by atoms with van der Waals surface area (Å²) in [5.74, 6) is 0.538. The van der Waals surface area contributed by atoms with Crippen LogP contribution in [0.4, 0.5) is 0 Å². The standard InChI is InChI=1S/C14H27N3O/c1-5-14(6-2)17-8-7-13(16-17)10-15-9-12(3)11-18-4/h7-8,12,14-15H,5-6,9-11H2,1-4H3. The second-order valence-electron chi connectivity index (χ2n) is 4.95. The molecule has 0 aromatic carbocycles. The zero-order chi connectivity index (χ0) is 13.4. The molecule has 0 fully saturated rings. The second-order valence-corrected chi connectivity index (χ2v) is 4.95. The van der Waals surface area contributed by atoms with Gasteiger partial charge in [-0.2, -0.15) is 5.10 Å². The molecule has 0 amide bonds. The number of hydrogen-bond donors (Lipinski definition) is 1. The Labute approximate surface area is 111 Å². The summed E-state index contributed by atoms with van der Waals surface area (Å²) in [5, 5.41) is 8.04. The molecule has 0 aliphatic heterocycles. The van der Waals surface area contributed by atoms with Gasteiger partial charge in [0, 0.05) is 33.0 Å². The van der Waals surface area contributed by atoms with E-state index in [0.29, 0.717) is 12.0 Å². The van der Waals surface area contributed by atoms with Crippen molar-refractivity contribution in [1.82, 2.24) is 15.1 Å². The maximum Gasteiger partial charge on any atom is 0.0762 e. The quantitative estimate of drug-likeness (QED) is 0.735. The smallest absolute Gasteiger partial charge is 0.0762 e. The van der Waals surface area contributed by atoms with Gasteiger partial charge in [-0.25, -0.2) is 0 Å². The first-order chi connectivity index (χ1) is 8.71. The lowest BCUT2D eigenvalue weighted by Gasteiger charge is -2.13. The van der Waals surface area contributed by atoms with Crippen LogP contribution in [0.15, 0.2) is 12.3 Å². The second kappa shape index (κ2) is 8.27. The molecule has 104 valence electrons. The average molecular weight is 253 g/mol. The van der Waals surface area contributed by atoms with Crippen LogP contribution in [0.3, 0.4) is 0 Å². The van der Waals surface area contributed by atoms with Crippen LogP contribution >= 0.6 is 0 Å². The maximum atomic E-state index is 5.11. The van der Waals surface area contributed by atoms with E-state index in [1.165, 1.54) is 0 Å². The van der Waals surface area contributed by atoms with E-state index in [4.69, 9.17) is 4.74 Å². The first-order valence-electron chi connectivity index (χ1n) is 6.94. The van der Waals surface area contributed by atoms with Crippen LogP contribution in [-0.4, -0.2) is 30.0 Å². The van der Waals surface area contributed by atoms with Gasteiger partial charge in [0.25, 0.3) is 0 Å². The van der Waals surface area contributed by atoms with Crippen molar-refractivity contribution >= 4 is 0 Å². The first-order valence-corrected chi connectivity index (χ1v) is 6.94. The van der Waals surface area contributed by atoms with Crippen molar-refractivity contribution < 1.29 is 4.74 Å². The van der Waals surface area contributed by atoms with E-state index in [2.05, 4.69) is 48.1 Å². The number of nitrogens with one attached hydrogen (secondary N) is 1. The molecule has 18 heavy (non-hydrogen) atoms. The molecule has 0 radical (unpaired) electrons. The van der Waals surface area contributed by atoms with Gasteiger partial charge >= 0.3 is 0 Å². The minimum absolute atomic E-state index is 0.533. The summed E-state index contributed by atoms with van der Waals surface area (Å²) >= 11 is 0. The highest BCUT2D eigenvalue weighted by molar-refractivity contribution is 4.99. The number of ether oxygens (including phenoxy) is 1. The predicted molar refractivity (Wildman–Crippen MR) is 74.6 cm³/mol. The van der Waals surface area contributed by atoms with Crippen molar-refractivity contribution in [2.45, 2.75) is 46.2 Å². The topological polar surface area (TPSA) is 39.1 Å². The van der Waals surface area contributed by atoms with E-state index in [1.807, 2.05) is 0 Å². The Morgan fingerprint density at radius 3 is 2.72 bits per heavy atom. The molecule has 0 saturated carbocycles. The van der Waals surface area contributed by atoms with Crippen molar-refractivity contribution in [3.05, 3.63) is 18.0 Å². The van der Waals surface area contributed by atoms with E-state index >= 15 is 0 Å². The van der Waals surface area contributed by atoms with E-state index in [1.54, 1.807) is 7.11 Å². The Kier molecular flexibility index (Phi) is 6.98. The zero-order valence-electron chi connectivity index (χ0n) is 12.1. The molecular formula is C14H27N3O. The normalized spacial score (nSPS) is 13.2. The van der Waals surface area contributed by atoms with Gasteiger partial charge in [0.1, 0.15) is 0 Å². The lowest BCUT2D eigenvalue weighted by molar-refractivity contribution is 0.158. The Hall–Kier alpha value is -0.870. The van der Waals surface area contributed by atoms with Crippen LogP contribution in [0, 0.1) is 5.92 Å². The molecule has 1 atom stereocenters. The Bertz CT molecular complexity index is 321. The number of nitrogens with zero attached hydrogens (tertiary/aromatic N) is 2. The van der Waals surface area contributed by atoms with Gasteiger partial charge in [0.15, 0.2) is 0 Å². The highest BCUT2D eigenvalue weighted by Gasteiger charge is 2.08. The highest BCUT2D eigenvalue weighted by Crippen LogP contribution is 2.14. The molecule has 0 aliphatic carbocycles. The third-order valence-corrected chi connectivity index (χ3v) is 3.23. The van der Waals surface area contributed by atoms with Gasteiger partial charge in [-0.3, -0.25) is 4.68 Å². The summed E-state index contributed by atoms with van der Waals surface area (Å²) in [4.78, 5) is 0. The SMILES string of the molecule is CCC(CC)n1ccc(CNCC(C)COC)n1. The minimum atomic E-state index is 0.533. The zero-order valence-corrected chi connectivity index (χ0v) is 12.1. The van der Waals surface area contributed by atoms with Crippen LogP contribution in [0.1, 0.15) is 45.3 Å². The number of methoxy groups -OCH3 is 1. The summed E-state index contributed by atoms with van der Waals surface area (Å²) in [7, 11) is 1.74. The Morgan fingerprint density at radius 1 is 1.39 bits per heavy atom. The monoisotopic (exact) mass is 253 g/mol. The van der Waals surface area contributed by atoms with E-state index in [0.717, 1.165) is 38.2 Å². The van der Waals surface area contributed by atoms with Crippen LogP contribution in [0.5, 0.6) is 0 Å². The van der Waals surface area contributed by atoms with Crippen LogP contribution < -0.4 is 5.32 Å². The number of hydrogen-bond acceptors (Lipinski definition) is 3. The molecule has 4 nitrogen and oxygen atoms in total. The summed E-state index contributed by atoms with van der Waals surface area (Å²) < 4.78 is 7.20. The molecule has 0 spiro atoms. The third kappa shape index (κ3) is 4.78. The highest BCUT2D eigenvalue weighted by atomic mass is 16.5. The van der Waals surface area contributed by atoms with Crippen molar-refractivity contribution in [2.75, 3.05) is 20.3 Å². The lowest BCUT2D eigenvalue weighted by Crippen LogP contribution is -2.23. The van der Waals surface area contributed by atoms with Gasteiger partial charge in [0.05, 0.1) is 11.7 Å². The largest absolute Gasteiger partial charge is 0.384 e. The summed E-state index contributed by atoms with van der Waals surface area (Å²) in [6, 6.07) is 2.64. The molecule has 0 aliphatic rings. The van der Waals surface area contributed by atoms with Crippen LogP contribution in [0.25, 0.3) is 0 Å². The molecule has 1 heterocycles. The predicted octanol–water partition coefficient (Wildman–Crippen LogP) is 2.62. The van der Waals surface area contributed by atoms with Crippen molar-refractivity contribution in [3.8, 4) is 0 Å². The van der Waals surface area contributed by atoms with E-state index < -0.39 is 0 Å². The maximum absolute atomic E-state index is 5.11. The third-order valence-electron chi connectivity index (χ3n) is 3.23. The fourth-order valence-electron chi connectivity index (χ4n) is 2.13. The van der Waals surface area contributed by atoms with Gasteiger partial charge in [-0.05, 0) is 24.8 Å². The first kappa shape index (κ1) is 15.2. The fourth-order valence-corrected chi connectivity index (χ4v) is 2.13. The van der Waals surface area contributed by atoms with Gasteiger partial charge in [0.2, 0.25) is 0 Å². The fraction of sp³-hybridized carbons (Fsp3) is 0.786. The molecule has 1 rings (SSSR count). The molecule has 1 aromatic heterocycles. The van der Waals surface area contributed by atoms with Gasteiger partial charge in [-0.15, -0.1) is 0 Å². The van der Waals surface area contributed by atoms with E-state index in [-0.39, 0.29) is 0 Å². The Morgan fingerprint density at radius 2 is 2.11 bits per heavy atom. The molecule has 1 aromatic rings. The van der Waals surface area contributed by atoms with E-state index in [9.17, 15) is 0 Å². The average Bonchev–Trinajstić information content (AvgIpc) is 2.80. The molecule has 0 bridgehead atoms. The summed E-state index contributed by atoms with van der Waals surface area (Å²) in [6.45, 7) is 9.20. The molecule has 0 saturated heterocycles. The Balaban J connectivity index is 2.35. The van der Waals surface area contributed by atoms with Crippen molar-refractivity contribution in [3.63, 3.8) is 0 Å². The van der Waals surface area contributed by atoms with Gasteiger partial charge < -0.3 is 10.1 Å². The molecule has 4 heteroatoms. The van der Waals surface area contributed by atoms with Gasteiger partial charge in [-0.1, -0.05) is 20.8 Å².